The average Bonchev–Trinajstić information content (AvgIpc) is 3.16. The van der Waals surface area contributed by atoms with Gasteiger partial charge in [0.05, 0.1) is 42.6 Å². The maximum Gasteiger partial charge on any atom is 0.161 e. The summed E-state index contributed by atoms with van der Waals surface area (Å²) in [4.78, 5) is 4.55. The Morgan fingerprint density at radius 2 is 2.03 bits per heavy atom. The fourth-order valence-corrected chi connectivity index (χ4v) is 4.51. The van der Waals surface area contributed by atoms with Crippen molar-refractivity contribution in [1.29, 1.82) is 5.26 Å². The zero-order chi connectivity index (χ0) is 20.4. The number of methoxy groups -OCH3 is 2. The van der Waals surface area contributed by atoms with Gasteiger partial charge in [0.25, 0.3) is 0 Å². The minimum absolute atomic E-state index is 0.0149. The molecule has 0 saturated carbocycles. The molecule has 8 heteroatoms. The average molecular weight is 410 g/mol. The molecule has 7 nitrogen and oxygen atoms in total. The molecule has 150 valence electrons. The van der Waals surface area contributed by atoms with E-state index in [0.717, 1.165) is 22.7 Å². The van der Waals surface area contributed by atoms with Crippen LogP contribution in [0.25, 0.3) is 0 Å². The number of rotatable bonds is 5. The van der Waals surface area contributed by atoms with Crippen LogP contribution in [0.1, 0.15) is 29.8 Å². The zero-order valence-electron chi connectivity index (χ0n) is 16.5. The number of benzene rings is 1. The van der Waals surface area contributed by atoms with Gasteiger partial charge in [0, 0.05) is 6.20 Å². The molecule has 0 bridgehead atoms. The van der Waals surface area contributed by atoms with Crippen molar-refractivity contribution in [3.8, 4) is 17.6 Å². The van der Waals surface area contributed by atoms with Gasteiger partial charge in [-0.25, -0.2) is 0 Å². The Bertz CT molecular complexity index is 959. The van der Waals surface area contributed by atoms with Crippen molar-refractivity contribution >= 4 is 11.8 Å². The van der Waals surface area contributed by atoms with E-state index in [1.165, 1.54) is 0 Å². The molecule has 2 aliphatic heterocycles. The van der Waals surface area contributed by atoms with Crippen LogP contribution in [0.2, 0.25) is 0 Å². The molecule has 1 fully saturated rings. The summed E-state index contributed by atoms with van der Waals surface area (Å²) in [5, 5.41) is 16.4. The number of nitriles is 1. The van der Waals surface area contributed by atoms with E-state index in [1.54, 1.807) is 32.2 Å². The Morgan fingerprint density at radius 1 is 1.21 bits per heavy atom. The molecule has 1 aromatic heterocycles. The molecule has 2 N–H and O–H groups in total. The minimum Gasteiger partial charge on any atom is -0.493 e. The second-order valence-electron chi connectivity index (χ2n) is 6.82. The van der Waals surface area contributed by atoms with Gasteiger partial charge in [0.15, 0.2) is 11.5 Å². The van der Waals surface area contributed by atoms with Gasteiger partial charge in [-0.2, -0.15) is 10.3 Å². The second-order valence-corrected chi connectivity index (χ2v) is 7.64. The number of pyridine rings is 1. The maximum absolute atomic E-state index is 9.79. The molecule has 29 heavy (non-hydrogen) atoms. The van der Waals surface area contributed by atoms with E-state index in [4.69, 9.17) is 9.47 Å². The lowest BCUT2D eigenvalue weighted by molar-refractivity contribution is 0.0462. The normalized spacial score (nSPS) is 23.9. The summed E-state index contributed by atoms with van der Waals surface area (Å²) in [5.41, 5.74) is 6.18. The molecule has 3 heterocycles. The van der Waals surface area contributed by atoms with Crippen molar-refractivity contribution in [2.24, 2.45) is 0 Å². The van der Waals surface area contributed by atoms with Crippen molar-refractivity contribution in [2.75, 3.05) is 20.5 Å². The first-order valence-corrected chi connectivity index (χ1v) is 10.5. The second kappa shape index (κ2) is 8.33. The van der Waals surface area contributed by atoms with Gasteiger partial charge in [-0.1, -0.05) is 12.1 Å². The van der Waals surface area contributed by atoms with Crippen molar-refractivity contribution in [3.63, 3.8) is 0 Å². The zero-order valence-corrected chi connectivity index (χ0v) is 17.4. The lowest BCUT2D eigenvalue weighted by Gasteiger charge is -2.42. The monoisotopic (exact) mass is 409 g/mol. The van der Waals surface area contributed by atoms with Gasteiger partial charge in [-0.15, -0.1) is 11.8 Å². The molecule has 0 radical (unpaired) electrons. The van der Waals surface area contributed by atoms with Crippen LogP contribution in [0.5, 0.6) is 11.5 Å². The smallest absolute Gasteiger partial charge is 0.161 e. The third-order valence-electron chi connectivity index (χ3n) is 5.34. The van der Waals surface area contributed by atoms with Gasteiger partial charge in [-0.05, 0) is 42.5 Å². The molecule has 4 rings (SSSR count). The van der Waals surface area contributed by atoms with Crippen LogP contribution in [-0.4, -0.2) is 36.6 Å². The van der Waals surface area contributed by atoms with Gasteiger partial charge in [0.2, 0.25) is 0 Å². The first-order valence-electron chi connectivity index (χ1n) is 9.32. The minimum atomic E-state index is -0.235. The Kier molecular flexibility index (Phi) is 5.62. The molecular formula is C21H23N5O2S. The first-order chi connectivity index (χ1) is 14.2. The number of aromatic nitrogens is 1. The first kappa shape index (κ1) is 19.6. The Morgan fingerprint density at radius 3 is 2.69 bits per heavy atom. The topological polar surface area (TPSA) is 82.4 Å². The standard InChI is InChI=1S/C21H23N5O2S/c1-27-18-8-7-13(10-19(18)28-2)17-11-16(15-6-4-5-9-23-15)24-20-14(12-22)21(29-3)25-26(17)20/h4-10,16-17,20,24-25H,11H2,1-3H3. The van der Waals surface area contributed by atoms with Crippen LogP contribution < -0.4 is 20.2 Å². The number of thioether (sulfide) groups is 1. The van der Waals surface area contributed by atoms with E-state index in [0.29, 0.717) is 17.1 Å². The molecule has 0 aliphatic carbocycles. The van der Waals surface area contributed by atoms with Gasteiger partial charge in [-0.3, -0.25) is 10.3 Å². The van der Waals surface area contributed by atoms with E-state index < -0.39 is 0 Å². The van der Waals surface area contributed by atoms with Crippen LogP contribution in [0.3, 0.4) is 0 Å². The van der Waals surface area contributed by atoms with Crippen molar-refractivity contribution in [2.45, 2.75) is 24.7 Å². The van der Waals surface area contributed by atoms with Crippen LogP contribution in [0.15, 0.2) is 53.2 Å². The number of ether oxygens (including phenoxy) is 2. The van der Waals surface area contributed by atoms with Crippen molar-refractivity contribution < 1.29 is 9.47 Å². The molecule has 0 spiro atoms. The summed E-state index contributed by atoms with van der Waals surface area (Å²) < 4.78 is 10.9. The van der Waals surface area contributed by atoms with Gasteiger partial charge in [0.1, 0.15) is 12.2 Å². The number of hydrazine groups is 1. The third kappa shape index (κ3) is 3.53. The van der Waals surface area contributed by atoms with Crippen LogP contribution in [-0.2, 0) is 0 Å². The number of nitrogens with zero attached hydrogens (tertiary/aromatic N) is 3. The highest BCUT2D eigenvalue weighted by molar-refractivity contribution is 8.02. The van der Waals surface area contributed by atoms with Crippen molar-refractivity contribution in [1.82, 2.24) is 20.7 Å². The highest BCUT2D eigenvalue weighted by atomic mass is 32.2. The lowest BCUT2D eigenvalue weighted by Crippen LogP contribution is -2.55. The largest absolute Gasteiger partial charge is 0.493 e. The molecule has 2 aliphatic rings. The predicted octanol–water partition coefficient (Wildman–Crippen LogP) is 3.12. The molecule has 3 unspecified atom stereocenters. The molecule has 1 aromatic carbocycles. The Hall–Kier alpha value is -2.73. The van der Waals surface area contributed by atoms with E-state index in [9.17, 15) is 5.26 Å². The number of fused-ring (bicyclic) bond motifs is 1. The summed E-state index contributed by atoms with van der Waals surface area (Å²) in [5.74, 6) is 1.38. The highest BCUT2D eigenvalue weighted by Crippen LogP contribution is 2.43. The summed E-state index contributed by atoms with van der Waals surface area (Å²) in [6, 6.07) is 14.3. The van der Waals surface area contributed by atoms with Crippen LogP contribution in [0, 0.1) is 11.3 Å². The summed E-state index contributed by atoms with van der Waals surface area (Å²) >= 11 is 1.54. The van der Waals surface area contributed by atoms with Crippen LogP contribution >= 0.6 is 11.8 Å². The van der Waals surface area contributed by atoms with E-state index >= 15 is 0 Å². The number of hydrogen-bond acceptors (Lipinski definition) is 8. The summed E-state index contributed by atoms with van der Waals surface area (Å²) in [6.45, 7) is 0. The number of nitrogens with one attached hydrogen (secondary N) is 2. The van der Waals surface area contributed by atoms with Crippen LogP contribution in [0.4, 0.5) is 0 Å². The quantitative estimate of drug-likeness (QED) is 0.780. The fraction of sp³-hybridized carbons (Fsp3) is 0.333. The predicted molar refractivity (Wildman–Crippen MR) is 112 cm³/mol. The van der Waals surface area contributed by atoms with E-state index in [2.05, 4.69) is 32.9 Å². The lowest BCUT2D eigenvalue weighted by atomic mass is 9.92. The van der Waals surface area contributed by atoms with E-state index in [-0.39, 0.29) is 18.2 Å². The SMILES string of the molecule is COc1ccc(C2CC(c3ccccn3)NC3C(C#N)=C(SC)NN32)cc1OC. The van der Waals surface area contributed by atoms with E-state index in [1.807, 2.05) is 36.6 Å². The molecule has 3 atom stereocenters. The maximum atomic E-state index is 9.79. The van der Waals surface area contributed by atoms with Crippen molar-refractivity contribution in [3.05, 3.63) is 64.5 Å². The molecule has 1 saturated heterocycles. The molecule has 0 amide bonds. The van der Waals surface area contributed by atoms with Gasteiger partial charge < -0.3 is 14.9 Å². The summed E-state index contributed by atoms with van der Waals surface area (Å²) in [7, 11) is 3.27. The Balaban J connectivity index is 1.75. The Labute approximate surface area is 174 Å². The highest BCUT2D eigenvalue weighted by Gasteiger charge is 2.44. The summed E-state index contributed by atoms with van der Waals surface area (Å²) in [6.07, 6.45) is 4.33. The molecular weight excluding hydrogens is 386 g/mol. The molecule has 2 aromatic rings. The number of hydrogen-bond donors (Lipinski definition) is 2. The van der Waals surface area contributed by atoms with Gasteiger partial charge >= 0.3 is 0 Å². The third-order valence-corrected chi connectivity index (χ3v) is 6.06. The fourth-order valence-electron chi connectivity index (χ4n) is 3.93.